The number of aliphatic imine (C=N–C) groups is 2. The molecular weight excluding hydrogens is 348 g/mol. The summed E-state index contributed by atoms with van der Waals surface area (Å²) in [6.45, 7) is 0. The molecule has 4 aromatic rings. The first-order valence-corrected chi connectivity index (χ1v) is 10.2. The van der Waals surface area contributed by atoms with Gasteiger partial charge in [0.15, 0.2) is 0 Å². The molecule has 0 aliphatic heterocycles. The van der Waals surface area contributed by atoms with Crippen molar-refractivity contribution in [3.05, 3.63) is 43.8 Å². The van der Waals surface area contributed by atoms with Crippen LogP contribution in [0.1, 0.15) is 20.9 Å². The van der Waals surface area contributed by atoms with E-state index in [0.29, 0.717) is 0 Å². The van der Waals surface area contributed by atoms with E-state index in [1.807, 2.05) is 36.8 Å². The summed E-state index contributed by atoms with van der Waals surface area (Å²) in [4.78, 5) is 11.9. The molecule has 0 fully saturated rings. The Morgan fingerprint density at radius 3 is 1.59 bits per heavy atom. The number of hydrogen-bond acceptors (Lipinski definition) is 6. The van der Waals surface area contributed by atoms with Crippen LogP contribution in [0, 0.1) is 0 Å². The molecule has 22 heavy (non-hydrogen) atoms. The quantitative estimate of drug-likeness (QED) is 0.350. The van der Waals surface area contributed by atoms with E-state index < -0.39 is 0 Å². The van der Waals surface area contributed by atoms with Gasteiger partial charge in [-0.25, -0.2) is 0 Å². The van der Waals surface area contributed by atoms with Gasteiger partial charge >= 0.3 is 0 Å². The van der Waals surface area contributed by atoms with Crippen LogP contribution in [0.5, 0.6) is 0 Å². The highest BCUT2D eigenvalue weighted by molar-refractivity contribution is 7.31. The third-order valence-corrected chi connectivity index (χ3v) is 8.39. The molecule has 0 amide bonds. The van der Waals surface area contributed by atoms with Crippen LogP contribution >= 0.6 is 45.3 Å². The molecule has 5 rings (SSSR count). The molecule has 2 nitrogen and oxygen atoms in total. The summed E-state index contributed by atoms with van der Waals surface area (Å²) in [5, 5.41) is 4.33. The molecule has 0 spiro atoms. The molecular formula is C16H10N2S4. The van der Waals surface area contributed by atoms with Crippen LogP contribution in [-0.2, 0) is 0 Å². The average Bonchev–Trinajstić information content (AvgIpc) is 3.24. The summed E-state index contributed by atoms with van der Waals surface area (Å²) in [6, 6.07) is 4.41. The maximum absolute atomic E-state index is 4.67. The van der Waals surface area contributed by atoms with Gasteiger partial charge < -0.3 is 0 Å². The van der Waals surface area contributed by atoms with Crippen molar-refractivity contribution < 1.29 is 0 Å². The predicted octanol–water partition coefficient (Wildman–Crippen LogP) is 5.49. The van der Waals surface area contributed by atoms with Gasteiger partial charge in [0.05, 0.1) is 30.6 Å². The zero-order chi connectivity index (χ0) is 14.8. The first kappa shape index (κ1) is 13.1. The maximum atomic E-state index is 4.67. The van der Waals surface area contributed by atoms with Gasteiger partial charge in [-0.2, -0.15) is 0 Å². The molecule has 108 valence electrons. The highest BCUT2D eigenvalue weighted by Gasteiger charge is 2.34. The Balaban J connectivity index is 1.99. The number of nitrogens with zero attached hydrogens (tertiary/aromatic N) is 2. The SMILES string of the molecule is CN=C1c2sc3ccsc3c2C(=NC)c2sc3ccsc3c21. The van der Waals surface area contributed by atoms with Crippen molar-refractivity contribution >= 4 is 75.6 Å². The third kappa shape index (κ3) is 1.48. The lowest BCUT2D eigenvalue weighted by molar-refractivity contribution is 1.41. The largest absolute Gasteiger partial charge is 0.286 e. The standard InChI is InChI=1S/C16H10N2S4/c1-17-11-9-13-7(3-5-19-13)22-16(9)12(18-2)10-14-8(4-6-20-14)21-15(10)11/h3-6H,1-2H3. The molecule has 0 aromatic carbocycles. The molecule has 0 saturated carbocycles. The smallest absolute Gasteiger partial charge is 0.0852 e. The molecule has 0 bridgehead atoms. The monoisotopic (exact) mass is 358 g/mol. The van der Waals surface area contributed by atoms with E-state index in [-0.39, 0.29) is 0 Å². The van der Waals surface area contributed by atoms with Gasteiger partial charge in [0.1, 0.15) is 0 Å². The van der Waals surface area contributed by atoms with E-state index in [9.17, 15) is 0 Å². The van der Waals surface area contributed by atoms with E-state index in [1.54, 1.807) is 22.7 Å². The molecule has 1 aliphatic rings. The minimum absolute atomic E-state index is 1.14. The summed E-state index contributed by atoms with van der Waals surface area (Å²) in [5.74, 6) is 0. The van der Waals surface area contributed by atoms with E-state index in [0.717, 1.165) is 11.4 Å². The van der Waals surface area contributed by atoms with E-state index in [1.165, 1.54) is 39.7 Å². The van der Waals surface area contributed by atoms with Crippen molar-refractivity contribution in [2.45, 2.75) is 0 Å². The van der Waals surface area contributed by atoms with Gasteiger partial charge in [0, 0.05) is 34.6 Å². The Morgan fingerprint density at radius 2 is 1.18 bits per heavy atom. The summed E-state index contributed by atoms with van der Waals surface area (Å²) in [7, 11) is 3.81. The molecule has 6 heteroatoms. The van der Waals surface area contributed by atoms with Crippen LogP contribution in [-0.4, -0.2) is 25.5 Å². The van der Waals surface area contributed by atoms with Gasteiger partial charge in [0.2, 0.25) is 0 Å². The summed E-state index contributed by atoms with van der Waals surface area (Å²) >= 11 is 7.30. The van der Waals surface area contributed by atoms with E-state index in [2.05, 4.69) is 32.9 Å². The van der Waals surface area contributed by atoms with Crippen LogP contribution in [0.25, 0.3) is 18.8 Å². The predicted molar refractivity (Wildman–Crippen MR) is 103 cm³/mol. The molecule has 4 heterocycles. The fourth-order valence-corrected chi connectivity index (χ4v) is 7.87. The zero-order valence-electron chi connectivity index (χ0n) is 11.8. The van der Waals surface area contributed by atoms with Gasteiger partial charge in [0.25, 0.3) is 0 Å². The summed E-state index contributed by atoms with van der Waals surface area (Å²) in [6.07, 6.45) is 0. The average molecular weight is 359 g/mol. The topological polar surface area (TPSA) is 24.7 Å². The van der Waals surface area contributed by atoms with Crippen molar-refractivity contribution in [3.8, 4) is 0 Å². The van der Waals surface area contributed by atoms with Crippen molar-refractivity contribution in [1.82, 2.24) is 0 Å². The fourth-order valence-electron chi connectivity index (χ4n) is 3.07. The van der Waals surface area contributed by atoms with Crippen molar-refractivity contribution in [1.29, 1.82) is 0 Å². The highest BCUT2D eigenvalue weighted by Crippen LogP contribution is 2.47. The zero-order valence-corrected chi connectivity index (χ0v) is 15.1. The van der Waals surface area contributed by atoms with Crippen molar-refractivity contribution in [3.63, 3.8) is 0 Å². The van der Waals surface area contributed by atoms with E-state index in [4.69, 9.17) is 0 Å². The van der Waals surface area contributed by atoms with Crippen LogP contribution in [0.3, 0.4) is 0 Å². The highest BCUT2D eigenvalue weighted by atomic mass is 32.1. The lowest BCUT2D eigenvalue weighted by atomic mass is 9.94. The van der Waals surface area contributed by atoms with Gasteiger partial charge in [-0.05, 0) is 22.9 Å². The Bertz CT molecular complexity index is 1010. The van der Waals surface area contributed by atoms with Crippen LogP contribution in [0.15, 0.2) is 32.9 Å². The first-order chi connectivity index (χ1) is 10.8. The Hall–Kier alpha value is -1.34. The van der Waals surface area contributed by atoms with Crippen molar-refractivity contribution in [2.75, 3.05) is 14.1 Å². The molecule has 0 N–H and O–H groups in total. The molecule has 1 aliphatic carbocycles. The van der Waals surface area contributed by atoms with E-state index >= 15 is 0 Å². The lowest BCUT2D eigenvalue weighted by Crippen LogP contribution is -2.18. The minimum atomic E-state index is 1.14. The summed E-state index contributed by atoms with van der Waals surface area (Å²) < 4.78 is 5.39. The second-order valence-electron chi connectivity index (χ2n) is 4.98. The number of rotatable bonds is 0. The number of hydrogen-bond donors (Lipinski definition) is 0. The molecule has 0 unspecified atom stereocenters. The summed E-state index contributed by atoms with van der Waals surface area (Å²) in [5.41, 5.74) is 4.86. The van der Waals surface area contributed by atoms with Crippen LogP contribution < -0.4 is 0 Å². The Morgan fingerprint density at radius 1 is 0.727 bits per heavy atom. The minimum Gasteiger partial charge on any atom is -0.286 e. The molecule has 0 saturated heterocycles. The number of fused-ring (bicyclic) bond motifs is 6. The lowest BCUT2D eigenvalue weighted by Gasteiger charge is -2.16. The van der Waals surface area contributed by atoms with Gasteiger partial charge in [-0.3, -0.25) is 9.98 Å². The Kier molecular flexibility index (Phi) is 2.73. The maximum Gasteiger partial charge on any atom is 0.0852 e. The van der Waals surface area contributed by atoms with Crippen LogP contribution in [0.4, 0.5) is 0 Å². The van der Waals surface area contributed by atoms with Gasteiger partial charge in [-0.15, -0.1) is 45.3 Å². The fraction of sp³-hybridized carbons (Fsp3) is 0.125. The Labute approximate surface area is 143 Å². The molecule has 0 atom stereocenters. The second-order valence-corrected chi connectivity index (χ2v) is 8.92. The van der Waals surface area contributed by atoms with Crippen LogP contribution in [0.2, 0.25) is 0 Å². The molecule has 4 aromatic heterocycles. The van der Waals surface area contributed by atoms with Gasteiger partial charge in [-0.1, -0.05) is 0 Å². The van der Waals surface area contributed by atoms with Crippen molar-refractivity contribution in [2.24, 2.45) is 9.98 Å². The molecule has 0 radical (unpaired) electrons. The first-order valence-electron chi connectivity index (χ1n) is 6.78. The normalized spacial score (nSPS) is 17.7. The third-order valence-electron chi connectivity index (χ3n) is 3.94. The number of thiophene rings is 4. The second kappa shape index (κ2) is 4.58.